The molecule has 0 saturated carbocycles. The van der Waals surface area contributed by atoms with Gasteiger partial charge in [-0.05, 0) is 67.1 Å². The minimum atomic E-state index is -0.836. The highest BCUT2D eigenvalue weighted by atomic mass is 19.1. The van der Waals surface area contributed by atoms with E-state index < -0.39 is 17.4 Å². The van der Waals surface area contributed by atoms with E-state index in [0.717, 1.165) is 68.6 Å². The number of para-hydroxylation sites is 1. The van der Waals surface area contributed by atoms with E-state index in [1.807, 2.05) is 12.1 Å². The van der Waals surface area contributed by atoms with Crippen molar-refractivity contribution in [2.45, 2.75) is 38.8 Å². The standard InChI is InChI=1S/C32H30F2N6O3/c1-18-13-29(43-31-24(33)3-2-4-25(31)34)36-16-28(18)40-32(35)22(15-37-40)30(41)27-14-21-23-17-39(20-8-11-42-12-9-20)10-7-19(23)5-6-26(21)38-27/h2-6,13-16,20,38H,7-12,17,35H2,1H3. The number of aromatic nitrogens is 4. The summed E-state index contributed by atoms with van der Waals surface area (Å²) >= 11 is 0. The lowest BCUT2D eigenvalue weighted by atomic mass is 9.94. The molecule has 220 valence electrons. The third-order valence-corrected chi connectivity index (χ3v) is 8.46. The largest absolute Gasteiger partial charge is 0.433 e. The number of carbonyl (C=O) groups is 1. The maximum Gasteiger partial charge on any atom is 0.219 e. The van der Waals surface area contributed by atoms with Crippen molar-refractivity contribution in [1.82, 2.24) is 24.6 Å². The fourth-order valence-corrected chi connectivity index (χ4v) is 6.12. The molecule has 1 saturated heterocycles. The highest BCUT2D eigenvalue weighted by Crippen LogP contribution is 2.33. The molecule has 3 N–H and O–H groups in total. The summed E-state index contributed by atoms with van der Waals surface area (Å²) in [6.45, 7) is 5.23. The number of hydrogen-bond acceptors (Lipinski definition) is 7. The van der Waals surface area contributed by atoms with Crippen molar-refractivity contribution in [2.24, 2.45) is 0 Å². The number of aromatic amines is 1. The number of rotatable bonds is 6. The van der Waals surface area contributed by atoms with E-state index in [9.17, 15) is 13.6 Å². The van der Waals surface area contributed by atoms with Gasteiger partial charge in [0.25, 0.3) is 0 Å². The van der Waals surface area contributed by atoms with E-state index in [0.29, 0.717) is 23.0 Å². The Morgan fingerprint density at radius 2 is 1.91 bits per heavy atom. The van der Waals surface area contributed by atoms with E-state index in [1.165, 1.54) is 40.3 Å². The molecule has 5 aromatic rings. The van der Waals surface area contributed by atoms with Crippen LogP contribution in [0.1, 0.15) is 45.6 Å². The normalized spacial score (nSPS) is 16.0. The predicted octanol–water partition coefficient (Wildman–Crippen LogP) is 5.48. The molecule has 7 rings (SSSR count). The minimum Gasteiger partial charge on any atom is -0.433 e. The Balaban J connectivity index is 1.15. The van der Waals surface area contributed by atoms with E-state index in [1.54, 1.807) is 6.92 Å². The fourth-order valence-electron chi connectivity index (χ4n) is 6.12. The molecule has 2 aliphatic heterocycles. The van der Waals surface area contributed by atoms with E-state index >= 15 is 0 Å². The fraction of sp³-hybridized carbons (Fsp3) is 0.281. The van der Waals surface area contributed by atoms with Crippen molar-refractivity contribution in [3.63, 3.8) is 0 Å². The van der Waals surface area contributed by atoms with Crippen molar-refractivity contribution in [3.8, 4) is 17.3 Å². The van der Waals surface area contributed by atoms with Gasteiger partial charge in [-0.3, -0.25) is 9.69 Å². The van der Waals surface area contributed by atoms with Crippen LogP contribution in [0.15, 0.2) is 54.9 Å². The molecule has 2 aliphatic rings. The number of nitrogens with two attached hydrogens (primary N) is 1. The molecule has 43 heavy (non-hydrogen) atoms. The number of ketones is 1. The molecular formula is C32H30F2N6O3. The lowest BCUT2D eigenvalue weighted by molar-refractivity contribution is 0.0292. The highest BCUT2D eigenvalue weighted by molar-refractivity contribution is 6.12. The summed E-state index contributed by atoms with van der Waals surface area (Å²) in [7, 11) is 0. The smallest absolute Gasteiger partial charge is 0.219 e. The number of hydrogen-bond donors (Lipinski definition) is 2. The summed E-state index contributed by atoms with van der Waals surface area (Å²) < 4.78 is 40.4. The van der Waals surface area contributed by atoms with E-state index in [2.05, 4.69) is 26.0 Å². The Labute approximate surface area is 246 Å². The monoisotopic (exact) mass is 584 g/mol. The number of H-pyrrole nitrogens is 1. The summed E-state index contributed by atoms with van der Waals surface area (Å²) in [5.41, 5.74) is 11.7. The van der Waals surface area contributed by atoms with Crippen LogP contribution in [0.5, 0.6) is 11.6 Å². The SMILES string of the molecule is Cc1cc(Oc2c(F)cccc2F)ncc1-n1ncc(C(=O)c2cc3c4c(ccc3[nH]2)CCN(C2CCOCC2)C4)c1N. The van der Waals surface area contributed by atoms with Gasteiger partial charge in [0, 0.05) is 49.3 Å². The molecule has 0 aliphatic carbocycles. The summed E-state index contributed by atoms with van der Waals surface area (Å²) in [6.07, 6.45) is 5.93. The van der Waals surface area contributed by atoms with Gasteiger partial charge in [-0.15, -0.1) is 0 Å². The number of pyridine rings is 1. The molecule has 9 nitrogen and oxygen atoms in total. The second kappa shape index (κ2) is 10.9. The average molecular weight is 585 g/mol. The number of nitrogens with zero attached hydrogens (tertiary/aromatic N) is 4. The van der Waals surface area contributed by atoms with Crippen molar-refractivity contribution >= 4 is 22.5 Å². The second-order valence-corrected chi connectivity index (χ2v) is 11.1. The maximum atomic E-state index is 14.0. The van der Waals surface area contributed by atoms with Crippen LogP contribution < -0.4 is 10.5 Å². The van der Waals surface area contributed by atoms with Crippen LogP contribution in [0.3, 0.4) is 0 Å². The number of nitrogens with one attached hydrogen (secondary N) is 1. The van der Waals surface area contributed by atoms with Crippen LogP contribution in [0.25, 0.3) is 16.6 Å². The molecule has 11 heteroatoms. The van der Waals surface area contributed by atoms with Crippen LogP contribution in [-0.2, 0) is 17.7 Å². The zero-order valence-corrected chi connectivity index (χ0v) is 23.6. The molecule has 0 atom stereocenters. The quantitative estimate of drug-likeness (QED) is 0.254. The Bertz CT molecular complexity index is 1840. The number of benzene rings is 2. The Morgan fingerprint density at radius 3 is 2.67 bits per heavy atom. The molecule has 5 heterocycles. The zero-order valence-electron chi connectivity index (χ0n) is 23.6. The van der Waals surface area contributed by atoms with Crippen LogP contribution in [0.4, 0.5) is 14.6 Å². The average Bonchev–Trinajstić information content (AvgIpc) is 3.63. The summed E-state index contributed by atoms with van der Waals surface area (Å²) in [6, 6.07) is 11.6. The number of anilines is 1. The van der Waals surface area contributed by atoms with Gasteiger partial charge >= 0.3 is 0 Å². The first kappa shape index (κ1) is 27.2. The molecule has 0 unspecified atom stereocenters. The second-order valence-electron chi connectivity index (χ2n) is 11.1. The topological polar surface area (TPSA) is 111 Å². The third kappa shape index (κ3) is 4.94. The zero-order chi connectivity index (χ0) is 29.7. The molecular weight excluding hydrogens is 554 g/mol. The summed E-state index contributed by atoms with van der Waals surface area (Å²) in [5, 5.41) is 5.41. The molecule has 3 aromatic heterocycles. The van der Waals surface area contributed by atoms with Crippen molar-refractivity contribution < 1.29 is 23.0 Å². The predicted molar refractivity (Wildman–Crippen MR) is 157 cm³/mol. The molecule has 0 spiro atoms. The van der Waals surface area contributed by atoms with Gasteiger partial charge in [0.05, 0.1) is 29.3 Å². The number of aryl methyl sites for hydroxylation is 1. The Morgan fingerprint density at radius 1 is 1.12 bits per heavy atom. The van der Waals surface area contributed by atoms with E-state index in [-0.39, 0.29) is 23.0 Å². The van der Waals surface area contributed by atoms with E-state index in [4.69, 9.17) is 15.2 Å². The summed E-state index contributed by atoms with van der Waals surface area (Å²) in [5.74, 6) is -2.33. The van der Waals surface area contributed by atoms with Crippen molar-refractivity contribution in [1.29, 1.82) is 0 Å². The van der Waals surface area contributed by atoms with Gasteiger partial charge < -0.3 is 20.2 Å². The van der Waals surface area contributed by atoms with Gasteiger partial charge in [-0.25, -0.2) is 18.4 Å². The van der Waals surface area contributed by atoms with Crippen LogP contribution in [0.2, 0.25) is 0 Å². The Hall–Kier alpha value is -4.61. The first-order valence-corrected chi connectivity index (χ1v) is 14.3. The molecule has 1 fully saturated rings. The molecule has 0 radical (unpaired) electrons. The van der Waals surface area contributed by atoms with Crippen LogP contribution in [0, 0.1) is 18.6 Å². The summed E-state index contributed by atoms with van der Waals surface area (Å²) in [4.78, 5) is 23.7. The number of halogens is 2. The number of nitrogen functional groups attached to an aromatic ring is 1. The highest BCUT2D eigenvalue weighted by Gasteiger charge is 2.28. The number of fused-ring (bicyclic) bond motifs is 3. The van der Waals surface area contributed by atoms with Crippen LogP contribution >= 0.6 is 0 Å². The molecule has 0 amide bonds. The van der Waals surface area contributed by atoms with Gasteiger partial charge in [0.1, 0.15) is 5.82 Å². The molecule has 2 aromatic carbocycles. The third-order valence-electron chi connectivity index (χ3n) is 8.46. The van der Waals surface area contributed by atoms with Crippen molar-refractivity contribution in [3.05, 3.63) is 94.4 Å². The van der Waals surface area contributed by atoms with Gasteiger partial charge in [0.15, 0.2) is 11.6 Å². The Kier molecular flexibility index (Phi) is 6.91. The van der Waals surface area contributed by atoms with Gasteiger partial charge in [-0.2, -0.15) is 5.10 Å². The number of carbonyl (C=O) groups excluding carboxylic acids is 1. The lowest BCUT2D eigenvalue weighted by Gasteiger charge is -2.37. The molecule has 0 bridgehead atoms. The minimum absolute atomic E-state index is 0.00377. The van der Waals surface area contributed by atoms with Crippen LogP contribution in [-0.4, -0.2) is 56.2 Å². The van der Waals surface area contributed by atoms with Crippen molar-refractivity contribution in [2.75, 3.05) is 25.5 Å². The number of ether oxygens (including phenoxy) is 2. The lowest BCUT2D eigenvalue weighted by Crippen LogP contribution is -2.42. The van der Waals surface area contributed by atoms with Gasteiger partial charge in [-0.1, -0.05) is 12.1 Å². The maximum absolute atomic E-state index is 14.0. The first-order chi connectivity index (χ1) is 20.9. The van der Waals surface area contributed by atoms with Gasteiger partial charge in [0.2, 0.25) is 17.4 Å². The first-order valence-electron chi connectivity index (χ1n) is 14.3.